The molecule has 0 spiro atoms. The fourth-order valence-electron chi connectivity index (χ4n) is 1.08. The van der Waals surface area contributed by atoms with Gasteiger partial charge < -0.3 is 15.5 Å². The summed E-state index contributed by atoms with van der Waals surface area (Å²) in [5, 5.41) is 10.5. The van der Waals surface area contributed by atoms with Crippen molar-refractivity contribution in [2.75, 3.05) is 5.32 Å². The molecule has 5 nitrogen and oxygen atoms in total. The summed E-state index contributed by atoms with van der Waals surface area (Å²) < 4.78 is 6.18. The largest absolute Gasteiger partial charge is 0.406 e. The fraction of sp³-hybridized carbons (Fsp3) is 0.111. The van der Waals surface area contributed by atoms with E-state index in [4.69, 9.17) is 10.2 Å². The maximum Gasteiger partial charge on any atom is 0.320 e. The van der Waals surface area contributed by atoms with Gasteiger partial charge in [0.05, 0.1) is 6.54 Å². The van der Waals surface area contributed by atoms with Gasteiger partial charge in [-0.25, -0.2) is 0 Å². The van der Waals surface area contributed by atoms with Gasteiger partial charge in [-0.3, -0.25) is 0 Å². The number of aromatic nitrogens is 2. The molecule has 2 aromatic rings. The van der Waals surface area contributed by atoms with E-state index in [0.29, 0.717) is 11.9 Å². The van der Waals surface area contributed by atoms with Gasteiger partial charge in [0.2, 0.25) is 5.89 Å². The van der Waals surface area contributed by atoms with Crippen molar-refractivity contribution in [2.45, 2.75) is 6.54 Å². The van der Waals surface area contributed by atoms with Gasteiger partial charge in [0.15, 0.2) is 0 Å². The number of nitrogens with one attached hydrogen (secondary N) is 1. The van der Waals surface area contributed by atoms with E-state index in [1.165, 1.54) is 0 Å². The van der Waals surface area contributed by atoms with Crippen molar-refractivity contribution in [2.24, 2.45) is 5.73 Å². The zero-order chi connectivity index (χ0) is 10.7. The monoisotopic (exact) mass is 268 g/mol. The molecule has 3 N–H and O–H groups in total. The molecule has 1 aromatic heterocycles. The van der Waals surface area contributed by atoms with Crippen molar-refractivity contribution in [3.05, 3.63) is 34.6 Å². The summed E-state index contributed by atoms with van der Waals surface area (Å²) >= 11 is 3.37. The number of rotatable bonds is 3. The third-order valence-electron chi connectivity index (χ3n) is 1.72. The first-order valence-electron chi connectivity index (χ1n) is 4.33. The number of nitrogens with zero attached hydrogens (tertiary/aromatic N) is 2. The van der Waals surface area contributed by atoms with E-state index in [1.54, 1.807) is 0 Å². The Hall–Kier alpha value is -1.40. The SMILES string of the molecule is NCc1nnc(Nc2cccc(Br)c2)o1. The van der Waals surface area contributed by atoms with Crippen molar-refractivity contribution >= 4 is 27.6 Å². The molecule has 0 aliphatic carbocycles. The summed E-state index contributed by atoms with van der Waals surface area (Å²) in [5.41, 5.74) is 6.22. The molecule has 0 amide bonds. The van der Waals surface area contributed by atoms with Crippen LogP contribution in [0.4, 0.5) is 11.7 Å². The van der Waals surface area contributed by atoms with Crippen LogP contribution in [0.15, 0.2) is 33.2 Å². The van der Waals surface area contributed by atoms with Gasteiger partial charge >= 0.3 is 6.01 Å². The van der Waals surface area contributed by atoms with E-state index in [9.17, 15) is 0 Å². The normalized spacial score (nSPS) is 10.3. The summed E-state index contributed by atoms with van der Waals surface area (Å²) in [6, 6.07) is 7.99. The van der Waals surface area contributed by atoms with Crippen LogP contribution in [-0.4, -0.2) is 10.2 Å². The Bertz CT molecular complexity index is 457. The fourth-order valence-corrected chi connectivity index (χ4v) is 1.48. The van der Waals surface area contributed by atoms with Crippen LogP contribution in [-0.2, 0) is 6.54 Å². The second kappa shape index (κ2) is 4.41. The highest BCUT2D eigenvalue weighted by molar-refractivity contribution is 9.10. The first-order valence-corrected chi connectivity index (χ1v) is 5.12. The van der Waals surface area contributed by atoms with Crippen LogP contribution in [0.2, 0.25) is 0 Å². The Morgan fingerprint density at radius 2 is 2.27 bits per heavy atom. The Balaban J connectivity index is 2.14. The maximum absolute atomic E-state index is 5.35. The Morgan fingerprint density at radius 3 is 2.93 bits per heavy atom. The second-order valence-corrected chi connectivity index (χ2v) is 3.76. The zero-order valence-corrected chi connectivity index (χ0v) is 9.36. The molecule has 1 aromatic carbocycles. The summed E-state index contributed by atoms with van der Waals surface area (Å²) in [6.45, 7) is 0.243. The van der Waals surface area contributed by atoms with E-state index in [1.807, 2.05) is 24.3 Å². The average Bonchev–Trinajstić information content (AvgIpc) is 2.65. The summed E-state index contributed by atoms with van der Waals surface area (Å²) in [5.74, 6) is 0.410. The van der Waals surface area contributed by atoms with Crippen molar-refractivity contribution in [1.29, 1.82) is 0 Å². The predicted molar refractivity (Wildman–Crippen MR) is 59.6 cm³/mol. The molecule has 0 saturated heterocycles. The van der Waals surface area contributed by atoms with Gasteiger partial charge in [0.25, 0.3) is 0 Å². The van der Waals surface area contributed by atoms with Crippen LogP contribution >= 0.6 is 15.9 Å². The van der Waals surface area contributed by atoms with Gasteiger partial charge in [-0.1, -0.05) is 27.1 Å². The van der Waals surface area contributed by atoms with Crippen LogP contribution in [0.1, 0.15) is 5.89 Å². The van der Waals surface area contributed by atoms with Crippen molar-refractivity contribution < 1.29 is 4.42 Å². The van der Waals surface area contributed by atoms with E-state index < -0.39 is 0 Å². The second-order valence-electron chi connectivity index (χ2n) is 2.84. The predicted octanol–water partition coefficient (Wildman–Crippen LogP) is 2.03. The molecule has 0 aliphatic heterocycles. The smallest absolute Gasteiger partial charge is 0.320 e. The van der Waals surface area contributed by atoms with E-state index in [2.05, 4.69) is 31.4 Å². The maximum atomic E-state index is 5.35. The molecule has 15 heavy (non-hydrogen) atoms. The van der Waals surface area contributed by atoms with Gasteiger partial charge in [-0.15, -0.1) is 5.10 Å². The Morgan fingerprint density at radius 1 is 1.40 bits per heavy atom. The van der Waals surface area contributed by atoms with Crippen molar-refractivity contribution in [3.8, 4) is 0 Å². The average molecular weight is 269 g/mol. The van der Waals surface area contributed by atoms with Gasteiger partial charge in [0.1, 0.15) is 0 Å². The highest BCUT2D eigenvalue weighted by atomic mass is 79.9. The first kappa shape index (κ1) is 10.1. The van der Waals surface area contributed by atoms with Crippen LogP contribution in [0, 0.1) is 0 Å². The van der Waals surface area contributed by atoms with Crippen LogP contribution < -0.4 is 11.1 Å². The highest BCUT2D eigenvalue weighted by Gasteiger charge is 2.03. The summed E-state index contributed by atoms with van der Waals surface area (Å²) in [6.07, 6.45) is 0. The molecule has 0 atom stereocenters. The van der Waals surface area contributed by atoms with Crippen molar-refractivity contribution in [3.63, 3.8) is 0 Å². The number of anilines is 2. The Labute approximate surface area is 94.8 Å². The molecule has 78 valence electrons. The molecule has 0 aliphatic rings. The first-order chi connectivity index (χ1) is 7.28. The molecule has 0 radical (unpaired) electrons. The lowest BCUT2D eigenvalue weighted by Crippen LogP contribution is -1.95. The van der Waals surface area contributed by atoms with Gasteiger partial charge in [0, 0.05) is 10.2 Å². The summed E-state index contributed by atoms with van der Waals surface area (Å²) in [7, 11) is 0. The lowest BCUT2D eigenvalue weighted by atomic mass is 10.3. The number of benzene rings is 1. The van der Waals surface area contributed by atoms with Crippen LogP contribution in [0.5, 0.6) is 0 Å². The molecule has 2 rings (SSSR count). The van der Waals surface area contributed by atoms with Gasteiger partial charge in [-0.05, 0) is 18.2 Å². The number of hydrogen-bond donors (Lipinski definition) is 2. The van der Waals surface area contributed by atoms with Crippen LogP contribution in [0.3, 0.4) is 0 Å². The van der Waals surface area contributed by atoms with Crippen LogP contribution in [0.25, 0.3) is 0 Å². The minimum atomic E-state index is 0.243. The lowest BCUT2D eigenvalue weighted by molar-refractivity contribution is 0.511. The number of hydrogen-bond acceptors (Lipinski definition) is 5. The zero-order valence-electron chi connectivity index (χ0n) is 7.77. The van der Waals surface area contributed by atoms with E-state index in [0.717, 1.165) is 10.2 Å². The van der Waals surface area contributed by atoms with E-state index >= 15 is 0 Å². The van der Waals surface area contributed by atoms with Gasteiger partial charge in [-0.2, -0.15) is 0 Å². The molecular formula is C9H9BrN4O. The molecule has 0 unspecified atom stereocenters. The number of halogens is 1. The molecule has 1 heterocycles. The molecule has 6 heteroatoms. The highest BCUT2D eigenvalue weighted by Crippen LogP contribution is 2.19. The standard InChI is InChI=1S/C9H9BrN4O/c10-6-2-1-3-7(4-6)12-9-14-13-8(5-11)15-9/h1-4H,5,11H2,(H,12,14). The lowest BCUT2D eigenvalue weighted by Gasteiger charge is -2.00. The minimum absolute atomic E-state index is 0.243. The summed E-state index contributed by atoms with van der Waals surface area (Å²) in [4.78, 5) is 0. The minimum Gasteiger partial charge on any atom is -0.406 e. The van der Waals surface area contributed by atoms with E-state index in [-0.39, 0.29) is 6.54 Å². The Kier molecular flexibility index (Phi) is 2.98. The third kappa shape index (κ3) is 2.54. The van der Waals surface area contributed by atoms with Crippen molar-refractivity contribution in [1.82, 2.24) is 10.2 Å². The quantitative estimate of drug-likeness (QED) is 0.891. The molecule has 0 bridgehead atoms. The molecule has 0 saturated carbocycles. The molecule has 0 fully saturated rings. The molecular weight excluding hydrogens is 260 g/mol. The third-order valence-corrected chi connectivity index (χ3v) is 2.21. The topological polar surface area (TPSA) is 77.0 Å². The number of nitrogens with two attached hydrogens (primary N) is 1.